The van der Waals surface area contributed by atoms with E-state index in [2.05, 4.69) is 10.6 Å². The van der Waals surface area contributed by atoms with Crippen LogP contribution in [-0.4, -0.2) is 25.0 Å². The van der Waals surface area contributed by atoms with Gasteiger partial charge in [0.15, 0.2) is 0 Å². The zero-order valence-electron chi connectivity index (χ0n) is 12.6. The van der Waals surface area contributed by atoms with Crippen LogP contribution in [0.25, 0.3) is 0 Å². The summed E-state index contributed by atoms with van der Waals surface area (Å²) in [4.78, 5) is 25.5. The smallest absolute Gasteiger partial charge is 0.231 e. The van der Waals surface area contributed by atoms with E-state index < -0.39 is 5.92 Å². The number of ether oxygens (including phenoxy) is 1. The van der Waals surface area contributed by atoms with Crippen LogP contribution >= 0.6 is 11.3 Å². The van der Waals surface area contributed by atoms with Crippen molar-refractivity contribution in [3.05, 3.63) is 46.7 Å². The molecule has 1 aliphatic rings. The highest BCUT2D eigenvalue weighted by Crippen LogP contribution is 2.28. The Balaban J connectivity index is 1.49. The van der Waals surface area contributed by atoms with E-state index in [1.54, 1.807) is 23.5 Å². The predicted octanol–water partition coefficient (Wildman–Crippen LogP) is 2.44. The predicted molar refractivity (Wildman–Crippen MR) is 89.7 cm³/mol. The van der Waals surface area contributed by atoms with Gasteiger partial charge in [0.25, 0.3) is 0 Å². The first kappa shape index (κ1) is 15.6. The Morgan fingerprint density at radius 1 is 1.30 bits per heavy atom. The van der Waals surface area contributed by atoms with Crippen LogP contribution in [0.2, 0.25) is 0 Å². The SMILES string of the molecule is O=C(CC1COc2ccccc2NC1=O)NCCc1cccs1. The third kappa shape index (κ3) is 4.10. The number of nitrogens with one attached hydrogen (secondary N) is 2. The topological polar surface area (TPSA) is 67.4 Å². The van der Waals surface area contributed by atoms with Gasteiger partial charge in [-0.2, -0.15) is 0 Å². The van der Waals surface area contributed by atoms with Crippen molar-refractivity contribution < 1.29 is 14.3 Å². The molecule has 2 aromatic rings. The Bertz CT molecular complexity index is 685. The Hall–Kier alpha value is -2.34. The molecule has 0 spiro atoms. The summed E-state index contributed by atoms with van der Waals surface area (Å²) in [6, 6.07) is 11.3. The van der Waals surface area contributed by atoms with E-state index in [9.17, 15) is 9.59 Å². The lowest BCUT2D eigenvalue weighted by molar-refractivity contribution is -0.128. The highest BCUT2D eigenvalue weighted by atomic mass is 32.1. The van der Waals surface area contributed by atoms with Gasteiger partial charge in [-0.25, -0.2) is 0 Å². The molecule has 2 amide bonds. The second-order valence-corrected chi connectivity index (χ2v) is 6.41. The second kappa shape index (κ2) is 7.28. The summed E-state index contributed by atoms with van der Waals surface area (Å²) < 4.78 is 5.63. The zero-order valence-corrected chi connectivity index (χ0v) is 13.4. The first-order valence-electron chi connectivity index (χ1n) is 7.54. The third-order valence-electron chi connectivity index (χ3n) is 3.66. The van der Waals surface area contributed by atoms with Crippen LogP contribution in [-0.2, 0) is 16.0 Å². The molecule has 6 heteroatoms. The van der Waals surface area contributed by atoms with Gasteiger partial charge in [0.1, 0.15) is 12.4 Å². The fourth-order valence-corrected chi connectivity index (χ4v) is 3.13. The lowest BCUT2D eigenvalue weighted by Gasteiger charge is -2.12. The molecule has 1 unspecified atom stereocenters. The minimum atomic E-state index is -0.482. The molecule has 0 saturated carbocycles. The summed E-state index contributed by atoms with van der Waals surface area (Å²) in [5.74, 6) is -0.148. The first-order chi connectivity index (χ1) is 11.2. The van der Waals surface area contributed by atoms with E-state index >= 15 is 0 Å². The van der Waals surface area contributed by atoms with Gasteiger partial charge < -0.3 is 15.4 Å². The van der Waals surface area contributed by atoms with E-state index in [1.807, 2.05) is 29.6 Å². The van der Waals surface area contributed by atoms with E-state index in [1.165, 1.54) is 4.88 Å². The quantitative estimate of drug-likeness (QED) is 0.885. The lowest BCUT2D eigenvalue weighted by Crippen LogP contribution is -2.33. The van der Waals surface area contributed by atoms with Crippen molar-refractivity contribution in [3.8, 4) is 5.75 Å². The van der Waals surface area contributed by atoms with Gasteiger partial charge in [0, 0.05) is 17.8 Å². The maximum Gasteiger partial charge on any atom is 0.231 e. The lowest BCUT2D eigenvalue weighted by atomic mass is 10.1. The molecule has 120 valence electrons. The number of hydrogen-bond acceptors (Lipinski definition) is 4. The van der Waals surface area contributed by atoms with Crippen molar-refractivity contribution in [2.24, 2.45) is 5.92 Å². The monoisotopic (exact) mass is 330 g/mol. The number of hydrogen-bond donors (Lipinski definition) is 2. The Morgan fingerprint density at radius 2 is 2.17 bits per heavy atom. The number of carbonyl (C=O) groups excluding carboxylic acids is 2. The Labute approximate surface area is 138 Å². The van der Waals surface area contributed by atoms with Crippen LogP contribution in [0.15, 0.2) is 41.8 Å². The van der Waals surface area contributed by atoms with Gasteiger partial charge in [0.2, 0.25) is 11.8 Å². The molecule has 1 aliphatic heterocycles. The van der Waals surface area contributed by atoms with Gasteiger partial charge in [0.05, 0.1) is 11.6 Å². The highest BCUT2D eigenvalue weighted by molar-refractivity contribution is 7.09. The number of amides is 2. The molecule has 3 rings (SSSR count). The molecule has 2 N–H and O–H groups in total. The number of carbonyl (C=O) groups is 2. The van der Waals surface area contributed by atoms with Crippen LogP contribution in [0.1, 0.15) is 11.3 Å². The third-order valence-corrected chi connectivity index (χ3v) is 4.60. The zero-order chi connectivity index (χ0) is 16.1. The highest BCUT2D eigenvalue weighted by Gasteiger charge is 2.26. The van der Waals surface area contributed by atoms with E-state index in [0.29, 0.717) is 18.0 Å². The van der Waals surface area contributed by atoms with Gasteiger partial charge in [-0.1, -0.05) is 18.2 Å². The van der Waals surface area contributed by atoms with Gasteiger partial charge >= 0.3 is 0 Å². The molecule has 0 aliphatic carbocycles. The summed E-state index contributed by atoms with van der Waals surface area (Å²) in [5.41, 5.74) is 0.651. The molecular weight excluding hydrogens is 312 g/mol. The maximum atomic E-state index is 12.2. The minimum Gasteiger partial charge on any atom is -0.491 e. The fraction of sp³-hybridized carbons (Fsp3) is 0.294. The fourth-order valence-electron chi connectivity index (χ4n) is 2.42. The molecule has 1 aromatic carbocycles. The van der Waals surface area contributed by atoms with Crippen molar-refractivity contribution in [1.82, 2.24) is 5.32 Å². The summed E-state index contributed by atoms with van der Waals surface area (Å²) in [6.07, 6.45) is 0.937. The standard InChI is InChI=1S/C17H18N2O3S/c20-16(18-8-7-13-4-3-9-23-13)10-12-11-22-15-6-2-1-5-14(15)19-17(12)21/h1-6,9,12H,7-8,10-11H2,(H,18,20)(H,19,21). The molecule has 2 heterocycles. The first-order valence-corrected chi connectivity index (χ1v) is 8.42. The molecular formula is C17H18N2O3S. The summed E-state index contributed by atoms with van der Waals surface area (Å²) in [5, 5.41) is 7.69. The summed E-state index contributed by atoms with van der Waals surface area (Å²) in [7, 11) is 0. The van der Waals surface area contributed by atoms with E-state index in [-0.39, 0.29) is 24.8 Å². The number of benzene rings is 1. The number of rotatable bonds is 5. The molecule has 5 nitrogen and oxygen atoms in total. The van der Waals surface area contributed by atoms with Gasteiger partial charge in [-0.15, -0.1) is 11.3 Å². The van der Waals surface area contributed by atoms with Crippen LogP contribution in [0.3, 0.4) is 0 Å². The average molecular weight is 330 g/mol. The number of thiophene rings is 1. The molecule has 1 aromatic heterocycles. The molecule has 1 atom stereocenters. The van der Waals surface area contributed by atoms with Crippen molar-refractivity contribution >= 4 is 28.8 Å². The van der Waals surface area contributed by atoms with Crippen molar-refractivity contribution in [2.45, 2.75) is 12.8 Å². The number of para-hydroxylation sites is 2. The van der Waals surface area contributed by atoms with Crippen LogP contribution < -0.4 is 15.4 Å². The largest absolute Gasteiger partial charge is 0.491 e. The number of anilines is 1. The summed E-state index contributed by atoms with van der Waals surface area (Å²) >= 11 is 1.67. The van der Waals surface area contributed by atoms with Crippen LogP contribution in [0, 0.1) is 5.92 Å². The van der Waals surface area contributed by atoms with Crippen molar-refractivity contribution in [1.29, 1.82) is 0 Å². The van der Waals surface area contributed by atoms with Crippen molar-refractivity contribution in [2.75, 3.05) is 18.5 Å². The molecule has 0 fully saturated rings. The average Bonchev–Trinajstić information content (AvgIpc) is 3.00. The molecule has 23 heavy (non-hydrogen) atoms. The van der Waals surface area contributed by atoms with Crippen LogP contribution in [0.4, 0.5) is 5.69 Å². The van der Waals surface area contributed by atoms with E-state index in [4.69, 9.17) is 4.74 Å². The van der Waals surface area contributed by atoms with E-state index in [0.717, 1.165) is 6.42 Å². The second-order valence-electron chi connectivity index (χ2n) is 5.38. The van der Waals surface area contributed by atoms with Crippen LogP contribution in [0.5, 0.6) is 5.75 Å². The maximum absolute atomic E-state index is 12.2. The van der Waals surface area contributed by atoms with Gasteiger partial charge in [-0.05, 0) is 30.0 Å². The summed E-state index contributed by atoms with van der Waals surface area (Å²) in [6.45, 7) is 0.788. The molecule has 0 radical (unpaired) electrons. The Morgan fingerprint density at radius 3 is 3.00 bits per heavy atom. The van der Waals surface area contributed by atoms with Gasteiger partial charge in [-0.3, -0.25) is 9.59 Å². The minimum absolute atomic E-state index is 0.128. The Kier molecular flexibility index (Phi) is 4.92. The number of fused-ring (bicyclic) bond motifs is 1. The van der Waals surface area contributed by atoms with Crippen molar-refractivity contribution in [3.63, 3.8) is 0 Å². The molecule has 0 bridgehead atoms. The molecule has 0 saturated heterocycles. The normalized spacial score (nSPS) is 16.7.